The fraction of sp³-hybridized carbons (Fsp3) is 0.684. The Balaban J connectivity index is 0.00000131. The predicted molar refractivity (Wildman–Crippen MR) is 120 cm³/mol. The summed E-state index contributed by atoms with van der Waals surface area (Å²) in [6.45, 7) is 9.80. The fourth-order valence-electron chi connectivity index (χ4n) is 4.29. The third kappa shape index (κ3) is 4.51. The molecule has 2 fully saturated rings. The number of nitrogens with two attached hydrogens (primary N) is 1. The molecule has 0 aromatic carbocycles. The zero-order valence-electron chi connectivity index (χ0n) is 16.2. The van der Waals surface area contributed by atoms with Crippen LogP contribution >= 0.6 is 36.2 Å². The highest BCUT2D eigenvalue weighted by molar-refractivity contribution is 7.18. The van der Waals surface area contributed by atoms with Crippen molar-refractivity contribution in [1.82, 2.24) is 14.9 Å². The Labute approximate surface area is 178 Å². The van der Waals surface area contributed by atoms with E-state index in [4.69, 9.17) is 15.7 Å². The van der Waals surface area contributed by atoms with Crippen molar-refractivity contribution in [2.45, 2.75) is 52.0 Å². The van der Waals surface area contributed by atoms with Crippen LogP contribution in [0.15, 0.2) is 0 Å². The minimum atomic E-state index is 0. The smallest absolute Gasteiger partial charge is 0.141 e. The van der Waals surface area contributed by atoms with Crippen molar-refractivity contribution < 1.29 is 0 Å². The minimum absolute atomic E-state index is 0. The van der Waals surface area contributed by atoms with Crippen LogP contribution in [0.4, 0.5) is 5.82 Å². The van der Waals surface area contributed by atoms with Gasteiger partial charge in [-0.2, -0.15) is 0 Å². The lowest BCUT2D eigenvalue weighted by Gasteiger charge is -2.37. The van der Waals surface area contributed by atoms with Crippen molar-refractivity contribution in [3.63, 3.8) is 0 Å². The number of aryl methyl sites for hydroxylation is 2. The van der Waals surface area contributed by atoms with Crippen LogP contribution in [0.1, 0.15) is 41.9 Å². The molecule has 5 nitrogen and oxygen atoms in total. The number of nitrogens with zero attached hydrogens (tertiary/aromatic N) is 4. The maximum absolute atomic E-state index is 5.76. The maximum atomic E-state index is 5.76. The molecule has 8 heteroatoms. The van der Waals surface area contributed by atoms with Gasteiger partial charge in [-0.15, -0.1) is 36.2 Å². The summed E-state index contributed by atoms with van der Waals surface area (Å²) < 4.78 is 0. The number of halogens is 2. The van der Waals surface area contributed by atoms with Gasteiger partial charge in [-0.25, -0.2) is 9.97 Å². The minimum Gasteiger partial charge on any atom is -0.356 e. The average Bonchev–Trinajstić information content (AvgIpc) is 3.24. The molecular weight excluding hydrogens is 401 g/mol. The first-order valence-corrected chi connectivity index (χ1v) is 10.4. The molecule has 0 spiro atoms. The second-order valence-corrected chi connectivity index (χ2v) is 8.63. The van der Waals surface area contributed by atoms with Gasteiger partial charge in [-0.05, 0) is 64.7 Å². The van der Waals surface area contributed by atoms with Crippen LogP contribution in [0.3, 0.4) is 0 Å². The third-order valence-corrected chi connectivity index (χ3v) is 6.95. The molecule has 0 unspecified atom stereocenters. The first-order valence-electron chi connectivity index (χ1n) is 9.63. The molecule has 2 N–H and O–H groups in total. The van der Waals surface area contributed by atoms with E-state index in [2.05, 4.69) is 23.6 Å². The summed E-state index contributed by atoms with van der Waals surface area (Å²) in [7, 11) is 0. The molecular formula is C19H31Cl2N5S. The van der Waals surface area contributed by atoms with Crippen molar-refractivity contribution in [3.8, 4) is 0 Å². The highest BCUT2D eigenvalue weighted by atomic mass is 35.5. The van der Waals surface area contributed by atoms with Gasteiger partial charge in [-0.3, -0.25) is 0 Å². The molecule has 2 saturated heterocycles. The van der Waals surface area contributed by atoms with E-state index in [0.29, 0.717) is 6.54 Å². The molecule has 0 atom stereocenters. The van der Waals surface area contributed by atoms with Gasteiger partial charge in [0.15, 0.2) is 0 Å². The van der Waals surface area contributed by atoms with Gasteiger partial charge in [0.05, 0.1) is 5.39 Å². The first-order chi connectivity index (χ1) is 12.2. The standard InChI is InChI=1S/C19H29N5S.2ClH/c1-13-14(2)25-19-17(13)18(21-16(22-19)5-8-20)24-11-6-15(7-12-24)23-9-3-4-10-23;;/h15H,3-12,20H2,1-2H3;2*1H. The number of thiophene rings is 1. The van der Waals surface area contributed by atoms with Gasteiger partial charge in [-0.1, -0.05) is 0 Å². The molecule has 152 valence electrons. The second-order valence-electron chi connectivity index (χ2n) is 7.43. The van der Waals surface area contributed by atoms with Crippen LogP contribution in [-0.4, -0.2) is 53.6 Å². The van der Waals surface area contributed by atoms with E-state index < -0.39 is 0 Å². The van der Waals surface area contributed by atoms with Crippen LogP contribution in [0.25, 0.3) is 10.2 Å². The van der Waals surface area contributed by atoms with E-state index >= 15 is 0 Å². The van der Waals surface area contributed by atoms with Crippen molar-refractivity contribution >= 4 is 52.2 Å². The molecule has 0 bridgehead atoms. The normalized spacial score (nSPS) is 18.6. The topological polar surface area (TPSA) is 58.3 Å². The Morgan fingerprint density at radius 1 is 1.04 bits per heavy atom. The molecule has 4 rings (SSSR count). The van der Waals surface area contributed by atoms with Crippen LogP contribution in [0, 0.1) is 13.8 Å². The monoisotopic (exact) mass is 431 g/mol. The predicted octanol–water partition coefficient (Wildman–Crippen LogP) is 3.72. The summed E-state index contributed by atoms with van der Waals surface area (Å²) in [6, 6.07) is 0.768. The summed E-state index contributed by atoms with van der Waals surface area (Å²) in [5.41, 5.74) is 7.10. The van der Waals surface area contributed by atoms with Crippen molar-refractivity contribution in [3.05, 3.63) is 16.3 Å². The molecule has 2 aromatic rings. The summed E-state index contributed by atoms with van der Waals surface area (Å²) in [6.07, 6.45) is 6.01. The van der Waals surface area contributed by atoms with Crippen molar-refractivity contribution in [1.29, 1.82) is 0 Å². The van der Waals surface area contributed by atoms with E-state index in [9.17, 15) is 0 Å². The molecule has 0 aliphatic carbocycles. The van der Waals surface area contributed by atoms with Gasteiger partial charge in [0.25, 0.3) is 0 Å². The van der Waals surface area contributed by atoms with E-state index in [1.165, 1.54) is 54.6 Å². The molecule has 0 saturated carbocycles. The number of fused-ring (bicyclic) bond motifs is 1. The Bertz CT molecular complexity index is 752. The number of hydrogen-bond acceptors (Lipinski definition) is 6. The molecule has 0 radical (unpaired) electrons. The lowest BCUT2D eigenvalue weighted by atomic mass is 10.0. The second kappa shape index (κ2) is 9.70. The summed E-state index contributed by atoms with van der Waals surface area (Å²) >= 11 is 1.79. The molecule has 4 heterocycles. The number of aromatic nitrogens is 2. The Hall–Kier alpha value is -0.660. The zero-order valence-corrected chi connectivity index (χ0v) is 18.7. The largest absolute Gasteiger partial charge is 0.356 e. The van der Waals surface area contributed by atoms with Gasteiger partial charge >= 0.3 is 0 Å². The number of anilines is 1. The summed E-state index contributed by atoms with van der Waals surface area (Å²) in [5.74, 6) is 2.04. The average molecular weight is 432 g/mol. The van der Waals surface area contributed by atoms with Gasteiger partial charge in [0.1, 0.15) is 16.5 Å². The molecule has 2 aromatic heterocycles. The Kier molecular flexibility index (Phi) is 8.13. The lowest BCUT2D eigenvalue weighted by Crippen LogP contribution is -2.44. The number of piperidine rings is 1. The molecule has 2 aliphatic heterocycles. The van der Waals surface area contributed by atoms with E-state index in [-0.39, 0.29) is 24.8 Å². The Morgan fingerprint density at radius 3 is 2.33 bits per heavy atom. The zero-order chi connectivity index (χ0) is 17.4. The van der Waals surface area contributed by atoms with Gasteiger partial charge in [0.2, 0.25) is 0 Å². The molecule has 27 heavy (non-hydrogen) atoms. The third-order valence-electron chi connectivity index (χ3n) is 5.84. The van der Waals surface area contributed by atoms with Crippen molar-refractivity contribution in [2.24, 2.45) is 5.73 Å². The summed E-state index contributed by atoms with van der Waals surface area (Å²) in [5, 5.41) is 1.27. The fourth-order valence-corrected chi connectivity index (χ4v) is 5.33. The number of hydrogen-bond donors (Lipinski definition) is 1. The Morgan fingerprint density at radius 2 is 1.70 bits per heavy atom. The van der Waals surface area contributed by atoms with Gasteiger partial charge < -0.3 is 15.5 Å². The molecule has 2 aliphatic rings. The van der Waals surface area contributed by atoms with E-state index in [1.54, 1.807) is 11.3 Å². The summed E-state index contributed by atoms with van der Waals surface area (Å²) in [4.78, 5) is 17.4. The molecule has 0 amide bonds. The van der Waals surface area contributed by atoms with Crippen molar-refractivity contribution in [2.75, 3.05) is 37.6 Å². The first kappa shape index (κ1) is 22.6. The van der Waals surface area contributed by atoms with Crippen LogP contribution in [0.2, 0.25) is 0 Å². The SMILES string of the molecule is Cc1sc2nc(CCN)nc(N3CCC(N4CCCC4)CC3)c2c1C.Cl.Cl. The van der Waals surface area contributed by atoms with E-state index in [1.807, 2.05) is 0 Å². The lowest BCUT2D eigenvalue weighted by molar-refractivity contribution is 0.207. The number of likely N-dealkylation sites (tertiary alicyclic amines) is 1. The van der Waals surface area contributed by atoms with Gasteiger partial charge in [0, 0.05) is 30.4 Å². The number of rotatable bonds is 4. The van der Waals surface area contributed by atoms with Crippen LogP contribution in [-0.2, 0) is 6.42 Å². The highest BCUT2D eigenvalue weighted by Gasteiger charge is 2.28. The highest BCUT2D eigenvalue weighted by Crippen LogP contribution is 2.36. The quantitative estimate of drug-likeness (QED) is 0.798. The maximum Gasteiger partial charge on any atom is 0.141 e. The van der Waals surface area contributed by atoms with Crippen LogP contribution < -0.4 is 10.6 Å². The van der Waals surface area contributed by atoms with E-state index in [0.717, 1.165) is 42.0 Å². The van der Waals surface area contributed by atoms with Crippen LogP contribution in [0.5, 0.6) is 0 Å².